The van der Waals surface area contributed by atoms with Crippen molar-refractivity contribution in [1.82, 2.24) is 10.3 Å². The number of aliphatic hydroxyl groups is 1. The van der Waals surface area contributed by atoms with Gasteiger partial charge in [-0.2, -0.15) is 0 Å². The van der Waals surface area contributed by atoms with Crippen LogP contribution in [0.15, 0.2) is 30.3 Å². The van der Waals surface area contributed by atoms with Crippen molar-refractivity contribution in [2.24, 2.45) is 0 Å². The van der Waals surface area contributed by atoms with E-state index in [0.717, 1.165) is 22.9 Å². The number of aromatic amines is 1. The second-order valence-corrected chi connectivity index (χ2v) is 7.52. The molecule has 4 nitrogen and oxygen atoms in total. The van der Waals surface area contributed by atoms with Crippen LogP contribution in [0.3, 0.4) is 0 Å². The van der Waals surface area contributed by atoms with Crippen molar-refractivity contribution < 1.29 is 13.9 Å². The Morgan fingerprint density at radius 2 is 1.96 bits per heavy atom. The summed E-state index contributed by atoms with van der Waals surface area (Å²) >= 11 is 6.21. The fourth-order valence-corrected chi connectivity index (χ4v) is 4.58. The highest BCUT2D eigenvalue weighted by atomic mass is 35.5. The zero-order valence-corrected chi connectivity index (χ0v) is 14.6. The summed E-state index contributed by atoms with van der Waals surface area (Å²) in [5, 5.41) is 18.7. The molecule has 3 heterocycles. The number of rotatable bonds is 0. The van der Waals surface area contributed by atoms with Gasteiger partial charge in [0.1, 0.15) is 5.54 Å². The van der Waals surface area contributed by atoms with E-state index in [2.05, 4.69) is 15.6 Å². The van der Waals surface area contributed by atoms with E-state index in [9.17, 15) is 13.9 Å². The highest BCUT2D eigenvalue weighted by molar-refractivity contribution is 6.30. The van der Waals surface area contributed by atoms with E-state index in [1.54, 1.807) is 6.07 Å². The van der Waals surface area contributed by atoms with Crippen LogP contribution in [0.1, 0.15) is 23.7 Å². The summed E-state index contributed by atoms with van der Waals surface area (Å²) in [6.07, 6.45) is -0.328. The molecule has 1 spiro atoms. The quantitative estimate of drug-likeness (QED) is 0.485. The van der Waals surface area contributed by atoms with Crippen LogP contribution in [0.4, 0.5) is 14.5 Å². The second-order valence-electron chi connectivity index (χ2n) is 7.08. The minimum absolute atomic E-state index is 0.0102. The third kappa shape index (κ3) is 1.95. The molecule has 4 N–H and O–H groups in total. The van der Waals surface area contributed by atoms with E-state index in [1.165, 1.54) is 6.07 Å². The number of aliphatic hydroxyl groups excluding tert-OH is 1. The Kier molecular flexibility index (Phi) is 3.20. The van der Waals surface area contributed by atoms with Crippen LogP contribution >= 0.6 is 11.6 Å². The first-order valence-corrected chi connectivity index (χ1v) is 8.80. The molecule has 0 saturated carbocycles. The number of hydrogen-bond acceptors (Lipinski definition) is 3. The Bertz CT molecular complexity index is 1070. The zero-order valence-electron chi connectivity index (χ0n) is 13.8. The van der Waals surface area contributed by atoms with Crippen LogP contribution in [-0.4, -0.2) is 22.4 Å². The van der Waals surface area contributed by atoms with E-state index in [-0.39, 0.29) is 6.04 Å². The van der Waals surface area contributed by atoms with E-state index in [1.807, 2.05) is 19.1 Å². The van der Waals surface area contributed by atoms with Crippen LogP contribution in [0, 0.1) is 11.6 Å². The van der Waals surface area contributed by atoms with Crippen molar-refractivity contribution in [3.05, 3.63) is 63.8 Å². The molecule has 7 heteroatoms. The Morgan fingerprint density at radius 3 is 2.77 bits per heavy atom. The molecule has 2 aromatic carbocycles. The molecule has 3 unspecified atom stereocenters. The monoisotopic (exact) mass is 375 g/mol. The summed E-state index contributed by atoms with van der Waals surface area (Å²) < 4.78 is 27.6. The van der Waals surface area contributed by atoms with Crippen molar-refractivity contribution in [3.63, 3.8) is 0 Å². The Morgan fingerprint density at radius 1 is 1.19 bits per heavy atom. The topological polar surface area (TPSA) is 60.1 Å². The summed E-state index contributed by atoms with van der Waals surface area (Å²) in [4.78, 5) is 3.22. The van der Waals surface area contributed by atoms with Gasteiger partial charge in [-0.1, -0.05) is 11.6 Å². The van der Waals surface area contributed by atoms with Gasteiger partial charge < -0.3 is 15.4 Å². The predicted molar refractivity (Wildman–Crippen MR) is 96.4 cm³/mol. The molecule has 0 aliphatic carbocycles. The van der Waals surface area contributed by atoms with Crippen molar-refractivity contribution in [2.45, 2.75) is 31.2 Å². The molecule has 0 radical (unpaired) electrons. The van der Waals surface area contributed by atoms with Crippen LogP contribution in [0.25, 0.3) is 10.9 Å². The van der Waals surface area contributed by atoms with Crippen molar-refractivity contribution in [2.75, 3.05) is 5.32 Å². The Hall–Kier alpha value is -2.15. The molecule has 3 atom stereocenters. The van der Waals surface area contributed by atoms with Gasteiger partial charge >= 0.3 is 0 Å². The Labute approximate surface area is 153 Å². The van der Waals surface area contributed by atoms with Gasteiger partial charge in [-0.15, -0.1) is 0 Å². The van der Waals surface area contributed by atoms with Crippen LogP contribution < -0.4 is 10.6 Å². The number of fused-ring (bicyclic) bond motifs is 6. The summed E-state index contributed by atoms with van der Waals surface area (Å²) in [5.74, 6) is -1.78. The van der Waals surface area contributed by atoms with Crippen molar-refractivity contribution in [3.8, 4) is 0 Å². The molecule has 0 amide bonds. The molecular weight excluding hydrogens is 360 g/mol. The second kappa shape index (κ2) is 5.19. The van der Waals surface area contributed by atoms with E-state index < -0.39 is 23.4 Å². The maximum absolute atomic E-state index is 13.8. The Balaban J connectivity index is 1.86. The molecule has 2 aliphatic rings. The predicted octanol–water partition coefficient (Wildman–Crippen LogP) is 3.62. The van der Waals surface area contributed by atoms with Crippen LogP contribution in [-0.2, 0) is 12.0 Å². The first-order chi connectivity index (χ1) is 12.4. The largest absolute Gasteiger partial charge is 0.371 e. The molecule has 0 bridgehead atoms. The third-order valence-corrected chi connectivity index (χ3v) is 5.67. The SMILES string of the molecule is CC1Cc2c([nH]c3cc(F)c(F)cc23)C2(N1)c1cc(Cl)ccc1NC2O. The average molecular weight is 376 g/mol. The van der Waals surface area contributed by atoms with Gasteiger partial charge in [0.25, 0.3) is 0 Å². The number of halogens is 3. The number of anilines is 1. The number of aromatic nitrogens is 1. The van der Waals surface area contributed by atoms with Gasteiger partial charge in [0.05, 0.1) is 0 Å². The minimum Gasteiger partial charge on any atom is -0.371 e. The van der Waals surface area contributed by atoms with E-state index in [0.29, 0.717) is 28.0 Å². The van der Waals surface area contributed by atoms with Crippen molar-refractivity contribution >= 4 is 28.2 Å². The van der Waals surface area contributed by atoms with Crippen LogP contribution in [0.5, 0.6) is 0 Å². The van der Waals surface area contributed by atoms with Crippen molar-refractivity contribution in [1.29, 1.82) is 0 Å². The number of benzene rings is 2. The average Bonchev–Trinajstić information content (AvgIpc) is 3.06. The highest BCUT2D eigenvalue weighted by Gasteiger charge is 2.53. The standard InChI is InChI=1S/C19H16ClF2N3O/c1-8-4-11-10-6-13(21)14(22)7-16(10)23-17(11)19(25-8)12-5-9(20)2-3-15(12)24-18(19)26/h2-3,5-8,18,23-26H,4H2,1H3. The first-order valence-electron chi connectivity index (χ1n) is 8.42. The molecule has 5 rings (SSSR count). The molecule has 1 aromatic heterocycles. The van der Waals surface area contributed by atoms with E-state index in [4.69, 9.17) is 11.6 Å². The molecule has 26 heavy (non-hydrogen) atoms. The summed E-state index contributed by atoms with van der Waals surface area (Å²) in [7, 11) is 0. The van der Waals surface area contributed by atoms with Gasteiger partial charge in [0.15, 0.2) is 17.9 Å². The molecular formula is C19H16ClF2N3O. The lowest BCUT2D eigenvalue weighted by atomic mass is 9.79. The van der Waals surface area contributed by atoms with Crippen LogP contribution in [0.2, 0.25) is 5.02 Å². The summed E-state index contributed by atoms with van der Waals surface area (Å²) in [6.45, 7) is 2.00. The lowest BCUT2D eigenvalue weighted by Crippen LogP contribution is -2.58. The number of hydrogen-bond donors (Lipinski definition) is 4. The normalized spacial score (nSPS) is 26.8. The highest BCUT2D eigenvalue weighted by Crippen LogP contribution is 2.48. The fraction of sp³-hybridized carbons (Fsp3) is 0.263. The van der Waals surface area contributed by atoms with Gasteiger partial charge in [-0.25, -0.2) is 8.78 Å². The summed E-state index contributed by atoms with van der Waals surface area (Å²) in [5.41, 5.74) is 2.68. The number of nitrogens with one attached hydrogen (secondary N) is 3. The van der Waals surface area contributed by atoms with Gasteiger partial charge in [-0.05, 0) is 43.2 Å². The van der Waals surface area contributed by atoms with Gasteiger partial charge in [0, 0.05) is 45.0 Å². The lowest BCUT2D eigenvalue weighted by Gasteiger charge is -2.41. The molecule has 2 aliphatic heterocycles. The molecule has 3 aromatic rings. The molecule has 0 saturated heterocycles. The third-order valence-electron chi connectivity index (χ3n) is 5.43. The smallest absolute Gasteiger partial charge is 0.160 e. The minimum atomic E-state index is -0.973. The molecule has 0 fully saturated rings. The number of H-pyrrole nitrogens is 1. The van der Waals surface area contributed by atoms with Gasteiger partial charge in [0.2, 0.25) is 0 Å². The summed E-state index contributed by atoms with van der Waals surface area (Å²) in [6, 6.07) is 7.77. The maximum atomic E-state index is 13.8. The first kappa shape index (κ1) is 16.1. The molecule has 134 valence electrons. The zero-order chi connectivity index (χ0) is 18.2. The fourth-order valence-electron chi connectivity index (χ4n) is 4.41. The van der Waals surface area contributed by atoms with Gasteiger partial charge in [-0.3, -0.25) is 5.32 Å². The maximum Gasteiger partial charge on any atom is 0.160 e. The lowest BCUT2D eigenvalue weighted by molar-refractivity contribution is 0.100. The van der Waals surface area contributed by atoms with E-state index >= 15 is 0 Å².